The molecule has 82 valence electrons. The van der Waals surface area contributed by atoms with E-state index in [4.69, 9.17) is 9.68 Å². The van der Waals surface area contributed by atoms with Crippen molar-refractivity contribution in [2.45, 2.75) is 26.8 Å². The molecule has 0 aromatic carbocycles. The Balaban J connectivity index is 2.32. The van der Waals surface area contributed by atoms with Gasteiger partial charge in [-0.15, -0.1) is 0 Å². The van der Waals surface area contributed by atoms with Crippen LogP contribution in [0, 0.1) is 16.7 Å². The van der Waals surface area contributed by atoms with Gasteiger partial charge in [0.1, 0.15) is 5.76 Å². The molecule has 0 atom stereocenters. The van der Waals surface area contributed by atoms with E-state index in [-0.39, 0.29) is 5.41 Å². The normalized spacial score (nSPS) is 11.7. The first kappa shape index (κ1) is 11.8. The van der Waals surface area contributed by atoms with E-state index in [9.17, 15) is 0 Å². The third-order valence-corrected chi connectivity index (χ3v) is 2.43. The van der Waals surface area contributed by atoms with Crippen molar-refractivity contribution in [1.29, 1.82) is 5.26 Å². The van der Waals surface area contributed by atoms with E-state index in [0.717, 1.165) is 25.3 Å². The molecule has 0 aliphatic heterocycles. The summed E-state index contributed by atoms with van der Waals surface area (Å²) in [4.78, 5) is 2.16. The van der Waals surface area contributed by atoms with Crippen LogP contribution < -0.4 is 0 Å². The zero-order valence-electron chi connectivity index (χ0n) is 9.66. The molecule has 0 aliphatic rings. The Hall–Kier alpha value is -1.27. The maximum Gasteiger partial charge on any atom is 0.117 e. The number of furan rings is 1. The van der Waals surface area contributed by atoms with Crippen molar-refractivity contribution < 1.29 is 4.42 Å². The van der Waals surface area contributed by atoms with E-state index in [2.05, 4.69) is 11.0 Å². The molecular formula is C12H18N2O. The fraction of sp³-hybridized carbons (Fsp3) is 0.583. The Morgan fingerprint density at radius 1 is 1.53 bits per heavy atom. The highest BCUT2D eigenvalue weighted by Gasteiger charge is 2.17. The van der Waals surface area contributed by atoms with Gasteiger partial charge in [0, 0.05) is 0 Å². The Kier molecular flexibility index (Phi) is 3.93. The second kappa shape index (κ2) is 4.99. The summed E-state index contributed by atoms with van der Waals surface area (Å²) in [7, 11) is 2.04. The topological polar surface area (TPSA) is 40.2 Å². The maximum atomic E-state index is 8.88. The number of nitriles is 1. The molecule has 0 spiro atoms. The minimum atomic E-state index is -0.239. The van der Waals surface area contributed by atoms with Crippen LogP contribution in [0.1, 0.15) is 26.0 Å². The molecule has 1 aromatic rings. The van der Waals surface area contributed by atoms with Crippen LogP contribution in [-0.4, -0.2) is 18.5 Å². The molecule has 1 heterocycles. The van der Waals surface area contributed by atoms with Gasteiger partial charge in [-0.3, -0.25) is 4.90 Å². The predicted octanol–water partition coefficient (Wildman–Crippen LogP) is 2.65. The summed E-state index contributed by atoms with van der Waals surface area (Å²) in [5, 5.41) is 8.88. The predicted molar refractivity (Wildman–Crippen MR) is 59.1 cm³/mol. The lowest BCUT2D eigenvalue weighted by Crippen LogP contribution is -2.23. The molecule has 1 rings (SSSR count). The van der Waals surface area contributed by atoms with Crippen molar-refractivity contribution >= 4 is 0 Å². The van der Waals surface area contributed by atoms with Crippen molar-refractivity contribution in [3.8, 4) is 6.07 Å². The number of hydrogen-bond acceptors (Lipinski definition) is 3. The molecule has 0 amide bonds. The third kappa shape index (κ3) is 4.18. The van der Waals surface area contributed by atoms with E-state index in [1.165, 1.54) is 0 Å². The van der Waals surface area contributed by atoms with E-state index in [0.29, 0.717) is 0 Å². The molecule has 0 N–H and O–H groups in total. The lowest BCUT2D eigenvalue weighted by atomic mass is 9.91. The molecule has 0 radical (unpaired) electrons. The highest BCUT2D eigenvalue weighted by atomic mass is 16.3. The van der Waals surface area contributed by atoms with Crippen molar-refractivity contribution in [3.05, 3.63) is 24.2 Å². The SMILES string of the molecule is CN(CCC(C)(C)C#N)Cc1ccco1. The lowest BCUT2D eigenvalue weighted by molar-refractivity contribution is 0.260. The molecule has 0 unspecified atom stereocenters. The van der Waals surface area contributed by atoms with Crippen LogP contribution in [0.15, 0.2) is 22.8 Å². The number of hydrogen-bond donors (Lipinski definition) is 0. The molecule has 0 fully saturated rings. The van der Waals surface area contributed by atoms with Crippen molar-refractivity contribution in [3.63, 3.8) is 0 Å². The summed E-state index contributed by atoms with van der Waals surface area (Å²) in [6.07, 6.45) is 2.56. The minimum absolute atomic E-state index is 0.239. The van der Waals surface area contributed by atoms with Crippen LogP contribution in [0.25, 0.3) is 0 Å². The second-order valence-corrected chi connectivity index (χ2v) is 4.56. The maximum absolute atomic E-state index is 8.88. The van der Waals surface area contributed by atoms with Crippen molar-refractivity contribution in [2.75, 3.05) is 13.6 Å². The quantitative estimate of drug-likeness (QED) is 0.743. The Bertz CT molecular complexity index is 322. The van der Waals surface area contributed by atoms with Crippen LogP contribution in [-0.2, 0) is 6.54 Å². The number of nitrogens with zero attached hydrogens (tertiary/aromatic N) is 2. The molecule has 0 saturated heterocycles. The molecular weight excluding hydrogens is 188 g/mol. The largest absolute Gasteiger partial charge is 0.468 e. The molecule has 0 aliphatic carbocycles. The molecule has 15 heavy (non-hydrogen) atoms. The average Bonchev–Trinajstić information content (AvgIpc) is 2.68. The average molecular weight is 206 g/mol. The van der Waals surface area contributed by atoms with Crippen LogP contribution in [0.3, 0.4) is 0 Å². The summed E-state index contributed by atoms with van der Waals surface area (Å²) < 4.78 is 5.26. The highest BCUT2D eigenvalue weighted by molar-refractivity contribution is 4.98. The van der Waals surface area contributed by atoms with Gasteiger partial charge < -0.3 is 4.42 Å². The Morgan fingerprint density at radius 2 is 2.27 bits per heavy atom. The first-order valence-electron chi connectivity index (χ1n) is 5.16. The first-order valence-corrected chi connectivity index (χ1v) is 5.16. The number of rotatable bonds is 5. The molecule has 0 saturated carbocycles. The van der Waals surface area contributed by atoms with Gasteiger partial charge in [0.15, 0.2) is 0 Å². The zero-order valence-corrected chi connectivity index (χ0v) is 9.66. The standard InChI is InChI=1S/C12H18N2O/c1-12(2,10-13)6-7-14(3)9-11-5-4-8-15-11/h4-5,8H,6-7,9H2,1-3H3. The molecule has 0 bridgehead atoms. The second-order valence-electron chi connectivity index (χ2n) is 4.56. The van der Waals surface area contributed by atoms with Crippen LogP contribution in [0.2, 0.25) is 0 Å². The van der Waals surface area contributed by atoms with Gasteiger partial charge in [0.2, 0.25) is 0 Å². The van der Waals surface area contributed by atoms with Gasteiger partial charge in [-0.05, 0) is 46.0 Å². The van der Waals surface area contributed by atoms with E-state index in [1.54, 1.807) is 6.26 Å². The lowest BCUT2D eigenvalue weighted by Gasteiger charge is -2.20. The third-order valence-electron chi connectivity index (χ3n) is 2.43. The fourth-order valence-corrected chi connectivity index (χ4v) is 1.27. The fourth-order valence-electron chi connectivity index (χ4n) is 1.27. The molecule has 3 heteroatoms. The van der Waals surface area contributed by atoms with Crippen LogP contribution >= 0.6 is 0 Å². The highest BCUT2D eigenvalue weighted by Crippen LogP contribution is 2.19. The zero-order chi connectivity index (χ0) is 11.3. The summed E-state index contributed by atoms with van der Waals surface area (Å²) in [6.45, 7) is 5.64. The minimum Gasteiger partial charge on any atom is -0.468 e. The van der Waals surface area contributed by atoms with Gasteiger partial charge in [0.25, 0.3) is 0 Å². The monoisotopic (exact) mass is 206 g/mol. The summed E-state index contributed by atoms with van der Waals surface area (Å²) in [6, 6.07) is 6.16. The van der Waals surface area contributed by atoms with Gasteiger partial charge in [-0.2, -0.15) is 5.26 Å². The van der Waals surface area contributed by atoms with E-state index in [1.807, 2.05) is 33.0 Å². The Morgan fingerprint density at radius 3 is 2.80 bits per heavy atom. The van der Waals surface area contributed by atoms with Crippen molar-refractivity contribution in [1.82, 2.24) is 4.90 Å². The van der Waals surface area contributed by atoms with Gasteiger partial charge in [-0.25, -0.2) is 0 Å². The first-order chi connectivity index (χ1) is 7.03. The smallest absolute Gasteiger partial charge is 0.117 e. The molecule has 3 nitrogen and oxygen atoms in total. The van der Waals surface area contributed by atoms with E-state index < -0.39 is 0 Å². The van der Waals surface area contributed by atoms with Crippen LogP contribution in [0.5, 0.6) is 0 Å². The summed E-state index contributed by atoms with van der Waals surface area (Å²) in [5.41, 5.74) is -0.239. The van der Waals surface area contributed by atoms with Crippen molar-refractivity contribution in [2.24, 2.45) is 5.41 Å². The Labute approximate surface area is 91.3 Å². The van der Waals surface area contributed by atoms with E-state index >= 15 is 0 Å². The van der Waals surface area contributed by atoms with Gasteiger partial charge in [-0.1, -0.05) is 0 Å². The van der Waals surface area contributed by atoms with Gasteiger partial charge in [0.05, 0.1) is 24.3 Å². The summed E-state index contributed by atoms with van der Waals surface area (Å²) in [5.74, 6) is 0.965. The van der Waals surface area contributed by atoms with Gasteiger partial charge >= 0.3 is 0 Å². The summed E-state index contributed by atoms with van der Waals surface area (Å²) >= 11 is 0. The van der Waals surface area contributed by atoms with Crippen LogP contribution in [0.4, 0.5) is 0 Å². The molecule has 1 aromatic heterocycles.